The number of aromatic amines is 4. The lowest BCUT2D eigenvalue weighted by molar-refractivity contribution is 0.0968. The molecule has 0 aliphatic carbocycles. The second-order valence-corrected chi connectivity index (χ2v) is 37.1. The Hall–Kier alpha value is -11.5. The number of hydrogen-bond acceptors (Lipinski definition) is 17. The number of nitrogens with zero attached hydrogens (tertiary/aromatic N) is 11. The van der Waals surface area contributed by atoms with E-state index < -0.39 is 0 Å². The summed E-state index contributed by atoms with van der Waals surface area (Å²) >= 11 is 0. The lowest BCUT2D eigenvalue weighted by atomic mass is 10.0. The number of rotatable bonds is 28. The van der Waals surface area contributed by atoms with Gasteiger partial charge in [0.25, 0.3) is 0 Å². The Morgan fingerprint density at radius 3 is 1.08 bits per heavy atom. The molecule has 0 radical (unpaired) electrons. The summed E-state index contributed by atoms with van der Waals surface area (Å²) in [6.07, 6.45) is 13.3. The molecule has 0 spiro atoms. The van der Waals surface area contributed by atoms with E-state index in [-0.39, 0.29) is 0 Å². The third-order valence-electron chi connectivity index (χ3n) is 28.3. The average molecular weight is 1770 g/mol. The van der Waals surface area contributed by atoms with E-state index in [0.717, 1.165) is 154 Å². The van der Waals surface area contributed by atoms with Crippen LogP contribution in [0.25, 0.3) is 88.6 Å². The Balaban J connectivity index is 0.000000118. The van der Waals surface area contributed by atoms with Gasteiger partial charge in [-0.3, -0.25) is 29.5 Å². The Kier molecular flexibility index (Phi) is 31.9. The summed E-state index contributed by atoms with van der Waals surface area (Å²) in [5.41, 5.74) is 22.9. The van der Waals surface area contributed by atoms with Gasteiger partial charge in [0.2, 0.25) is 0 Å². The Morgan fingerprint density at radius 2 is 0.689 bits per heavy atom. The summed E-state index contributed by atoms with van der Waals surface area (Å²) in [5, 5.41) is 32.6. The van der Waals surface area contributed by atoms with Crippen molar-refractivity contribution in [1.82, 2.24) is 76.0 Å². The van der Waals surface area contributed by atoms with Crippen LogP contribution in [0.4, 0.5) is 22.7 Å². The molecule has 0 saturated carbocycles. The fourth-order valence-corrected chi connectivity index (χ4v) is 20.3. The number of benzene rings is 9. The average Bonchev–Trinajstić information content (AvgIpc) is 1.66. The van der Waals surface area contributed by atoms with Gasteiger partial charge in [-0.15, -0.1) is 0 Å². The van der Waals surface area contributed by atoms with Gasteiger partial charge < -0.3 is 70.9 Å². The maximum atomic E-state index is 9.14. The predicted octanol–water partition coefficient (Wildman–Crippen LogP) is 17.0. The molecule has 9 aromatic carbocycles. The highest BCUT2D eigenvalue weighted by atomic mass is 16.5. The van der Waals surface area contributed by atoms with Gasteiger partial charge in [0.1, 0.15) is 0 Å². The second-order valence-electron chi connectivity index (χ2n) is 37.1. The van der Waals surface area contributed by atoms with Crippen LogP contribution in [0.2, 0.25) is 0 Å². The molecule has 21 nitrogen and oxygen atoms in total. The normalized spacial score (nSPS) is 17.6. The van der Waals surface area contributed by atoms with Crippen LogP contribution in [0.15, 0.2) is 267 Å². The first kappa shape index (κ1) is 91.1. The van der Waals surface area contributed by atoms with E-state index in [1.54, 1.807) is 7.11 Å². The minimum absolute atomic E-state index is 0.544. The van der Waals surface area contributed by atoms with Crippen molar-refractivity contribution in [3.8, 4) is 51.1 Å². The minimum atomic E-state index is 0.544. The number of fused-ring (bicyclic) bond motifs is 4. The maximum absolute atomic E-state index is 9.14. The second kappa shape index (κ2) is 46.3. The molecule has 5 aromatic heterocycles. The number of ether oxygens (including phenoxy) is 1. The lowest BCUT2D eigenvalue weighted by Gasteiger charge is -2.36. The SMILES string of the molecule is COCCN1CCN(CCNC2CCN(c3cccc(-c4cc5ccccc5[nH]4)c3)CC2)CC1.N#Cc1ccc2[nH]c(-c3cccc(N4CCC(NCc5cccnc5)CC4)c3)cc2c1.c1cc(-c2cc3ccccc3[nH]2)cc(N2CCC(NCCN3CCNCC3)CC2)c1.c1ccc(CN2CCN(CCNC3CCN(c4cccc(-c5cc6ccccc6[nH]5)c4)CC3)CC2)cc1. The van der Waals surface area contributed by atoms with E-state index in [4.69, 9.17) is 10.00 Å². The first-order valence-corrected chi connectivity index (χ1v) is 49.1. The summed E-state index contributed by atoms with van der Waals surface area (Å²) in [6.45, 7) is 33.5. The molecular weight excluding hydrogens is 1630 g/mol. The summed E-state index contributed by atoms with van der Waals surface area (Å²) in [4.78, 5) is 41.4. The van der Waals surface area contributed by atoms with Crippen LogP contribution < -0.4 is 46.2 Å². The highest BCUT2D eigenvalue weighted by molar-refractivity contribution is 5.90. The molecule has 21 heteroatoms. The molecule has 0 amide bonds. The molecule has 7 saturated heterocycles. The summed E-state index contributed by atoms with van der Waals surface area (Å²) in [6, 6.07) is 95.5. The van der Waals surface area contributed by atoms with Crippen LogP contribution in [0.5, 0.6) is 0 Å². The van der Waals surface area contributed by atoms with Crippen LogP contribution >= 0.6 is 0 Å². The number of H-pyrrole nitrogens is 4. The number of piperazine rings is 3. The van der Waals surface area contributed by atoms with Crippen molar-refractivity contribution in [2.75, 3.05) is 210 Å². The standard InChI is InChI=1S/C32H39N5.C28H39N5O.C26H25N5.C25H33N5/c1-2-7-26(8-3-1)25-36-21-19-35(20-22-36)18-15-33-29-13-16-37(17-14-29)30-11-6-10-27(23-30)32-24-28-9-4-5-12-31(28)34-32;1-34-20-19-32-17-15-31(16-18-32)14-11-29-25-9-12-33(13-10-25)26-7-4-6-23(21-26)28-22-24-5-2-3-8-27(24)30-28;27-16-19-6-7-25-22(13-19)15-26(30-25)21-4-1-5-24(14-21)31-11-8-23(9-12-31)29-18-20-3-2-10-28-17-20;1-2-7-24-21(4-1)19-25(28-24)20-5-3-6-23(18-20)30-13-8-22(9-14-30)27-12-17-29-15-10-26-11-16-29/h1-12,23-24,29,33-34H,13-22,25H2;2-8,21-22,25,29-30H,9-20H2,1H3;1-7,10,13-15,17,23,29-30H,8-9,11-12,18H2;1-7,18-19,22,26-28H,8-17H2. The number of piperidine rings is 4. The monoisotopic (exact) mass is 1770 g/mol. The molecule has 14 aromatic rings. The Morgan fingerprint density at radius 1 is 0.333 bits per heavy atom. The number of para-hydroxylation sites is 3. The summed E-state index contributed by atoms with van der Waals surface area (Å²) in [7, 11) is 1.79. The molecule has 7 aliphatic heterocycles. The number of hydrogen-bond donors (Lipinski definition) is 9. The zero-order chi connectivity index (χ0) is 89.3. The van der Waals surface area contributed by atoms with Crippen molar-refractivity contribution in [3.05, 3.63) is 284 Å². The lowest BCUT2D eigenvalue weighted by Crippen LogP contribution is -2.50. The van der Waals surface area contributed by atoms with Gasteiger partial charge in [-0.25, -0.2) is 0 Å². The van der Waals surface area contributed by atoms with Gasteiger partial charge in [0.05, 0.1) is 18.2 Å². The van der Waals surface area contributed by atoms with E-state index in [2.05, 4.69) is 332 Å². The van der Waals surface area contributed by atoms with E-state index in [9.17, 15) is 0 Å². The Labute approximate surface area is 781 Å². The van der Waals surface area contributed by atoms with E-state index in [1.807, 2.05) is 36.7 Å². The van der Waals surface area contributed by atoms with Crippen molar-refractivity contribution in [2.24, 2.45) is 0 Å². The first-order chi connectivity index (χ1) is 65.2. The van der Waals surface area contributed by atoms with Crippen LogP contribution in [0.1, 0.15) is 68.1 Å². The maximum Gasteiger partial charge on any atom is 0.0991 e. The molecule has 7 aliphatic rings. The molecule has 0 atom stereocenters. The fraction of sp³-hybridized carbons (Fsp3) is 0.387. The molecule has 7 fully saturated rings. The smallest absolute Gasteiger partial charge is 0.0991 e. The van der Waals surface area contributed by atoms with Gasteiger partial charge in [-0.1, -0.05) is 140 Å². The van der Waals surface area contributed by atoms with Gasteiger partial charge in [0.15, 0.2) is 0 Å². The molecule has 0 unspecified atom stereocenters. The molecule has 132 heavy (non-hydrogen) atoms. The number of nitrogens with one attached hydrogen (secondary N) is 9. The Bertz CT molecular complexity index is 5800. The third kappa shape index (κ3) is 25.1. The zero-order valence-electron chi connectivity index (χ0n) is 77.4. The zero-order valence-corrected chi connectivity index (χ0v) is 77.4. The summed E-state index contributed by atoms with van der Waals surface area (Å²) in [5.74, 6) is 0. The van der Waals surface area contributed by atoms with Gasteiger partial charge >= 0.3 is 0 Å². The first-order valence-electron chi connectivity index (χ1n) is 49.1. The molecule has 21 rings (SSSR count). The minimum Gasteiger partial charge on any atom is -0.383 e. The van der Waals surface area contributed by atoms with Gasteiger partial charge in [-0.2, -0.15) is 5.26 Å². The predicted molar refractivity (Wildman–Crippen MR) is 548 cm³/mol. The molecule has 12 heterocycles. The van der Waals surface area contributed by atoms with Crippen molar-refractivity contribution in [2.45, 2.75) is 88.6 Å². The van der Waals surface area contributed by atoms with Crippen LogP contribution in [0, 0.1) is 11.3 Å². The van der Waals surface area contributed by atoms with E-state index >= 15 is 0 Å². The van der Waals surface area contributed by atoms with Crippen LogP contribution in [-0.4, -0.2) is 264 Å². The van der Waals surface area contributed by atoms with Crippen molar-refractivity contribution in [1.29, 1.82) is 5.26 Å². The molecular formula is C111H136N20O. The number of pyridine rings is 1. The highest BCUT2D eigenvalue weighted by Gasteiger charge is 2.27. The molecule has 686 valence electrons. The van der Waals surface area contributed by atoms with Crippen molar-refractivity contribution in [3.63, 3.8) is 0 Å². The number of methoxy groups -OCH3 is 1. The summed E-state index contributed by atoms with van der Waals surface area (Å²) < 4.78 is 5.21. The number of aromatic nitrogens is 5. The molecule has 9 N–H and O–H groups in total. The van der Waals surface area contributed by atoms with Crippen molar-refractivity contribution >= 4 is 66.4 Å². The molecule has 0 bridgehead atoms. The fourth-order valence-electron chi connectivity index (χ4n) is 20.3. The van der Waals surface area contributed by atoms with E-state index in [1.165, 1.54) is 216 Å². The quantitative estimate of drug-likeness (QED) is 0.0224. The van der Waals surface area contributed by atoms with Crippen molar-refractivity contribution < 1.29 is 4.74 Å². The number of nitriles is 1. The third-order valence-corrected chi connectivity index (χ3v) is 28.3. The van der Waals surface area contributed by atoms with Crippen LogP contribution in [-0.2, 0) is 17.8 Å². The number of anilines is 4. The van der Waals surface area contributed by atoms with Crippen LogP contribution in [0.3, 0.4) is 0 Å². The largest absolute Gasteiger partial charge is 0.383 e. The van der Waals surface area contributed by atoms with E-state index in [0.29, 0.717) is 29.7 Å². The topological polar surface area (TPSA) is 198 Å². The van der Waals surface area contributed by atoms with Gasteiger partial charge in [-0.05, 0) is 200 Å². The van der Waals surface area contributed by atoms with Gasteiger partial charge in [0, 0.05) is 323 Å². The highest BCUT2D eigenvalue weighted by Crippen LogP contribution is 2.35.